The molecule has 1 rings (SSSR count). The monoisotopic (exact) mass is 220 g/mol. The summed E-state index contributed by atoms with van der Waals surface area (Å²) >= 11 is 0. The molecule has 0 radical (unpaired) electrons. The van der Waals surface area contributed by atoms with E-state index in [0.29, 0.717) is 5.92 Å². The Labute approximate surface area is 99.5 Å². The second-order valence-corrected chi connectivity index (χ2v) is 5.32. The Kier molecular flexibility index (Phi) is 4.55. The normalized spacial score (nSPS) is 15.1. The first-order valence-electron chi connectivity index (χ1n) is 6.27. The minimum Gasteiger partial charge on any atom is -0.385 e. The zero-order valence-corrected chi connectivity index (χ0v) is 11.0. The van der Waals surface area contributed by atoms with Crippen molar-refractivity contribution in [3.63, 3.8) is 0 Å². The van der Waals surface area contributed by atoms with Gasteiger partial charge in [-0.25, -0.2) is 0 Å². The maximum atomic E-state index is 10.3. The fraction of sp³-hybridized carbons (Fsp3) is 0.600. The predicted octanol–water partition coefficient (Wildman–Crippen LogP) is 3.89. The Morgan fingerprint density at radius 1 is 1.19 bits per heavy atom. The highest BCUT2D eigenvalue weighted by Gasteiger charge is 2.21. The standard InChI is InChI=1S/C15H24O/c1-5-10-15(4,16)14-8-6-13(7-9-14)11-12(2)3/h6-9,12,16H,5,10-11H2,1-4H3. The van der Waals surface area contributed by atoms with Gasteiger partial charge in [0, 0.05) is 0 Å². The first-order valence-corrected chi connectivity index (χ1v) is 6.27. The fourth-order valence-corrected chi connectivity index (χ4v) is 2.10. The van der Waals surface area contributed by atoms with Crippen molar-refractivity contribution in [3.8, 4) is 0 Å². The van der Waals surface area contributed by atoms with Gasteiger partial charge in [-0.3, -0.25) is 0 Å². The molecule has 90 valence electrons. The highest BCUT2D eigenvalue weighted by atomic mass is 16.3. The van der Waals surface area contributed by atoms with E-state index in [4.69, 9.17) is 0 Å². The number of hydrogen-bond donors (Lipinski definition) is 1. The lowest BCUT2D eigenvalue weighted by atomic mass is 9.90. The molecular weight excluding hydrogens is 196 g/mol. The summed E-state index contributed by atoms with van der Waals surface area (Å²) in [5, 5.41) is 10.3. The van der Waals surface area contributed by atoms with Crippen LogP contribution in [0.15, 0.2) is 24.3 Å². The summed E-state index contributed by atoms with van der Waals surface area (Å²) in [6.45, 7) is 8.44. The molecule has 0 amide bonds. The topological polar surface area (TPSA) is 20.2 Å². The van der Waals surface area contributed by atoms with Crippen molar-refractivity contribution in [2.24, 2.45) is 5.92 Å². The molecule has 0 bridgehead atoms. The average molecular weight is 220 g/mol. The Morgan fingerprint density at radius 3 is 2.19 bits per heavy atom. The van der Waals surface area contributed by atoms with Crippen LogP contribution in [0.2, 0.25) is 0 Å². The molecule has 16 heavy (non-hydrogen) atoms. The second-order valence-electron chi connectivity index (χ2n) is 5.32. The van der Waals surface area contributed by atoms with Gasteiger partial charge in [0.15, 0.2) is 0 Å². The summed E-state index contributed by atoms with van der Waals surface area (Å²) in [4.78, 5) is 0. The van der Waals surface area contributed by atoms with E-state index in [0.717, 1.165) is 24.8 Å². The van der Waals surface area contributed by atoms with Gasteiger partial charge in [-0.1, -0.05) is 51.5 Å². The third-order valence-corrected chi connectivity index (χ3v) is 2.96. The van der Waals surface area contributed by atoms with Gasteiger partial charge in [-0.2, -0.15) is 0 Å². The molecule has 0 aliphatic carbocycles. The third kappa shape index (κ3) is 3.64. The SMILES string of the molecule is CCCC(C)(O)c1ccc(CC(C)C)cc1. The van der Waals surface area contributed by atoms with Crippen LogP contribution in [0.5, 0.6) is 0 Å². The molecule has 0 aliphatic rings. The van der Waals surface area contributed by atoms with Gasteiger partial charge in [-0.15, -0.1) is 0 Å². The van der Waals surface area contributed by atoms with Crippen LogP contribution in [0.3, 0.4) is 0 Å². The van der Waals surface area contributed by atoms with E-state index in [1.54, 1.807) is 0 Å². The molecule has 0 aliphatic heterocycles. The summed E-state index contributed by atoms with van der Waals surface area (Å²) in [5.41, 5.74) is 1.71. The minimum atomic E-state index is -0.675. The minimum absolute atomic E-state index is 0.675. The smallest absolute Gasteiger partial charge is 0.0868 e. The quantitative estimate of drug-likeness (QED) is 0.798. The lowest BCUT2D eigenvalue weighted by Crippen LogP contribution is -2.20. The molecule has 0 aromatic heterocycles. The predicted molar refractivity (Wildman–Crippen MR) is 69.5 cm³/mol. The zero-order chi connectivity index (χ0) is 12.2. The molecule has 0 spiro atoms. The van der Waals surface area contributed by atoms with Crippen LogP contribution >= 0.6 is 0 Å². The van der Waals surface area contributed by atoms with Crippen LogP contribution in [0.1, 0.15) is 51.7 Å². The fourth-order valence-electron chi connectivity index (χ4n) is 2.10. The lowest BCUT2D eigenvalue weighted by Gasteiger charge is -2.23. The summed E-state index contributed by atoms with van der Waals surface area (Å²) in [5.74, 6) is 0.682. The molecule has 1 aromatic rings. The van der Waals surface area contributed by atoms with Crippen molar-refractivity contribution in [2.45, 2.75) is 52.6 Å². The highest BCUT2D eigenvalue weighted by Crippen LogP contribution is 2.26. The van der Waals surface area contributed by atoms with E-state index in [-0.39, 0.29) is 0 Å². The van der Waals surface area contributed by atoms with Gasteiger partial charge in [0.05, 0.1) is 5.60 Å². The van der Waals surface area contributed by atoms with Crippen molar-refractivity contribution in [1.82, 2.24) is 0 Å². The van der Waals surface area contributed by atoms with Crippen molar-refractivity contribution in [2.75, 3.05) is 0 Å². The molecule has 1 aromatic carbocycles. The first-order chi connectivity index (χ1) is 7.45. The summed E-state index contributed by atoms with van der Waals surface area (Å²) < 4.78 is 0. The number of aliphatic hydroxyl groups is 1. The van der Waals surface area contributed by atoms with E-state index < -0.39 is 5.60 Å². The van der Waals surface area contributed by atoms with Crippen molar-refractivity contribution >= 4 is 0 Å². The number of hydrogen-bond acceptors (Lipinski definition) is 1. The average Bonchev–Trinajstić information content (AvgIpc) is 2.17. The summed E-state index contributed by atoms with van der Waals surface area (Å²) in [6, 6.07) is 8.40. The molecule has 1 N–H and O–H groups in total. The maximum Gasteiger partial charge on any atom is 0.0868 e. The maximum absolute atomic E-state index is 10.3. The number of benzene rings is 1. The van der Waals surface area contributed by atoms with Crippen molar-refractivity contribution in [3.05, 3.63) is 35.4 Å². The summed E-state index contributed by atoms with van der Waals surface area (Å²) in [6.07, 6.45) is 2.92. The van der Waals surface area contributed by atoms with Gasteiger partial charge < -0.3 is 5.11 Å². The molecule has 1 unspecified atom stereocenters. The molecule has 0 heterocycles. The Balaban J connectivity index is 2.78. The van der Waals surface area contributed by atoms with E-state index in [1.165, 1.54) is 5.56 Å². The van der Waals surface area contributed by atoms with Crippen LogP contribution in [0.25, 0.3) is 0 Å². The molecule has 1 heteroatoms. The Hall–Kier alpha value is -0.820. The van der Waals surface area contributed by atoms with Crippen LogP contribution in [0, 0.1) is 5.92 Å². The Bertz CT molecular complexity index is 309. The molecular formula is C15H24O. The van der Waals surface area contributed by atoms with Gasteiger partial charge in [0.1, 0.15) is 0 Å². The van der Waals surface area contributed by atoms with Gasteiger partial charge in [0.25, 0.3) is 0 Å². The van der Waals surface area contributed by atoms with Crippen LogP contribution < -0.4 is 0 Å². The van der Waals surface area contributed by atoms with Crippen LogP contribution in [0.4, 0.5) is 0 Å². The first kappa shape index (κ1) is 13.2. The molecule has 0 saturated carbocycles. The molecule has 0 saturated heterocycles. The highest BCUT2D eigenvalue weighted by molar-refractivity contribution is 5.26. The molecule has 1 nitrogen and oxygen atoms in total. The third-order valence-electron chi connectivity index (χ3n) is 2.96. The van der Waals surface area contributed by atoms with Crippen molar-refractivity contribution in [1.29, 1.82) is 0 Å². The van der Waals surface area contributed by atoms with E-state index in [9.17, 15) is 5.11 Å². The molecule has 0 fully saturated rings. The zero-order valence-electron chi connectivity index (χ0n) is 11.0. The van der Waals surface area contributed by atoms with Crippen LogP contribution in [-0.2, 0) is 12.0 Å². The Morgan fingerprint density at radius 2 is 1.75 bits per heavy atom. The summed E-state index contributed by atoms with van der Waals surface area (Å²) in [7, 11) is 0. The van der Waals surface area contributed by atoms with Gasteiger partial charge in [-0.05, 0) is 36.8 Å². The van der Waals surface area contributed by atoms with Crippen LogP contribution in [-0.4, -0.2) is 5.11 Å². The second kappa shape index (κ2) is 5.49. The van der Waals surface area contributed by atoms with E-state index in [1.807, 2.05) is 6.92 Å². The van der Waals surface area contributed by atoms with Gasteiger partial charge in [0.2, 0.25) is 0 Å². The largest absolute Gasteiger partial charge is 0.385 e. The van der Waals surface area contributed by atoms with E-state index >= 15 is 0 Å². The molecule has 1 atom stereocenters. The van der Waals surface area contributed by atoms with E-state index in [2.05, 4.69) is 45.0 Å². The van der Waals surface area contributed by atoms with Gasteiger partial charge >= 0.3 is 0 Å². The number of rotatable bonds is 5. The lowest BCUT2D eigenvalue weighted by molar-refractivity contribution is 0.0469. The van der Waals surface area contributed by atoms with Crippen molar-refractivity contribution < 1.29 is 5.11 Å².